The molecule has 1 N–H and O–H groups in total. The molecule has 0 heterocycles. The Kier molecular flexibility index (Phi) is 3.15. The van der Waals surface area contributed by atoms with E-state index in [1.54, 1.807) is 6.07 Å². The van der Waals surface area contributed by atoms with Crippen LogP contribution >= 0.6 is 11.6 Å². The van der Waals surface area contributed by atoms with Crippen LogP contribution < -0.4 is 5.32 Å². The molecule has 0 aromatic heterocycles. The van der Waals surface area contributed by atoms with Crippen LogP contribution in [0.15, 0.2) is 48.5 Å². The van der Waals surface area contributed by atoms with Gasteiger partial charge in [-0.3, -0.25) is 0 Å². The van der Waals surface area contributed by atoms with Gasteiger partial charge in [0.15, 0.2) is 0 Å². The van der Waals surface area contributed by atoms with E-state index >= 15 is 0 Å². The zero-order chi connectivity index (χ0) is 13.2. The highest BCUT2D eigenvalue weighted by atomic mass is 35.5. The molecule has 3 rings (SSSR count). The Balaban J connectivity index is 1.75. The maximum atomic E-state index is 9.14. The van der Waals surface area contributed by atoms with Crippen LogP contribution in [0.2, 0.25) is 5.02 Å². The Morgan fingerprint density at radius 3 is 2.63 bits per heavy atom. The Bertz CT molecular complexity index is 631. The Labute approximate surface area is 117 Å². The smallest absolute Gasteiger partial charge is 0.103 e. The largest absolute Gasteiger partial charge is 0.381 e. The first kappa shape index (κ1) is 12.1. The number of hydrogen-bond acceptors (Lipinski definition) is 2. The molecule has 0 bridgehead atoms. The van der Waals surface area contributed by atoms with E-state index in [0.717, 1.165) is 12.1 Å². The van der Waals surface area contributed by atoms with Crippen LogP contribution in [0.1, 0.15) is 23.5 Å². The van der Waals surface area contributed by atoms with Crippen LogP contribution in [-0.2, 0) is 0 Å². The first-order chi connectivity index (χ1) is 9.29. The van der Waals surface area contributed by atoms with Gasteiger partial charge in [-0.25, -0.2) is 0 Å². The summed E-state index contributed by atoms with van der Waals surface area (Å²) >= 11 is 6.02. The molecule has 0 saturated heterocycles. The van der Waals surface area contributed by atoms with E-state index in [1.807, 2.05) is 18.2 Å². The second-order valence-corrected chi connectivity index (χ2v) is 5.19. The molecule has 1 aliphatic carbocycles. The van der Waals surface area contributed by atoms with Crippen molar-refractivity contribution in [3.63, 3.8) is 0 Å². The molecule has 3 heteroatoms. The third-order valence-corrected chi connectivity index (χ3v) is 3.80. The van der Waals surface area contributed by atoms with Crippen LogP contribution in [0.3, 0.4) is 0 Å². The average molecular weight is 269 g/mol. The number of hydrogen-bond donors (Lipinski definition) is 1. The molecular weight excluding hydrogens is 256 g/mol. The molecule has 2 nitrogen and oxygen atoms in total. The third kappa shape index (κ3) is 2.43. The number of anilines is 1. The molecule has 2 atom stereocenters. The monoisotopic (exact) mass is 268 g/mol. The lowest BCUT2D eigenvalue weighted by Gasteiger charge is -2.09. The fourth-order valence-electron chi connectivity index (χ4n) is 2.38. The summed E-state index contributed by atoms with van der Waals surface area (Å²) in [7, 11) is 0. The number of rotatable bonds is 3. The van der Waals surface area contributed by atoms with Gasteiger partial charge in [0.05, 0.1) is 16.3 Å². The summed E-state index contributed by atoms with van der Waals surface area (Å²) in [5, 5.41) is 13.1. The topological polar surface area (TPSA) is 35.8 Å². The van der Waals surface area contributed by atoms with Crippen molar-refractivity contribution < 1.29 is 0 Å². The summed E-state index contributed by atoms with van der Waals surface area (Å²) in [6, 6.07) is 18.5. The minimum absolute atomic E-state index is 0.396. The maximum Gasteiger partial charge on any atom is 0.103 e. The Morgan fingerprint density at radius 1 is 1.11 bits per heavy atom. The SMILES string of the molecule is N#Cc1c(Cl)cccc1NC1CC1c1ccccc1. The molecule has 1 saturated carbocycles. The van der Waals surface area contributed by atoms with Crippen LogP contribution in [0.4, 0.5) is 5.69 Å². The van der Waals surface area contributed by atoms with Gasteiger partial charge < -0.3 is 5.32 Å². The van der Waals surface area contributed by atoms with Gasteiger partial charge >= 0.3 is 0 Å². The van der Waals surface area contributed by atoms with Crippen LogP contribution in [0.25, 0.3) is 0 Å². The quantitative estimate of drug-likeness (QED) is 0.906. The third-order valence-electron chi connectivity index (χ3n) is 3.48. The van der Waals surface area contributed by atoms with Crippen molar-refractivity contribution in [2.75, 3.05) is 5.32 Å². The number of nitrogens with one attached hydrogen (secondary N) is 1. The summed E-state index contributed by atoms with van der Waals surface area (Å²) in [4.78, 5) is 0. The lowest BCUT2D eigenvalue weighted by Crippen LogP contribution is -2.05. The minimum atomic E-state index is 0.396. The van der Waals surface area contributed by atoms with Gasteiger partial charge in [-0.15, -0.1) is 0 Å². The highest BCUT2D eigenvalue weighted by Crippen LogP contribution is 2.43. The minimum Gasteiger partial charge on any atom is -0.381 e. The molecule has 2 aromatic carbocycles. The predicted molar refractivity (Wildman–Crippen MR) is 77.4 cm³/mol. The van der Waals surface area contributed by atoms with Crippen molar-refractivity contribution in [1.82, 2.24) is 0 Å². The van der Waals surface area contributed by atoms with Crippen molar-refractivity contribution in [1.29, 1.82) is 5.26 Å². The van der Waals surface area contributed by atoms with E-state index in [1.165, 1.54) is 5.56 Å². The van der Waals surface area contributed by atoms with Crippen LogP contribution in [-0.4, -0.2) is 6.04 Å². The summed E-state index contributed by atoms with van der Waals surface area (Å²) in [5.74, 6) is 0.534. The van der Waals surface area contributed by atoms with Gasteiger partial charge in [0.2, 0.25) is 0 Å². The van der Waals surface area contributed by atoms with Crippen LogP contribution in [0.5, 0.6) is 0 Å². The van der Waals surface area contributed by atoms with Gasteiger partial charge in [0, 0.05) is 12.0 Å². The van der Waals surface area contributed by atoms with Crippen LogP contribution in [0, 0.1) is 11.3 Å². The molecule has 0 amide bonds. The fraction of sp³-hybridized carbons (Fsp3) is 0.188. The Hall–Kier alpha value is -1.98. The number of benzene rings is 2. The molecule has 2 unspecified atom stereocenters. The predicted octanol–water partition coefficient (Wildman–Crippen LogP) is 4.18. The summed E-state index contributed by atoms with van der Waals surface area (Å²) in [6.45, 7) is 0. The van der Waals surface area contributed by atoms with E-state index in [2.05, 4.69) is 35.7 Å². The summed E-state index contributed by atoms with van der Waals surface area (Å²) in [6.07, 6.45) is 1.10. The Morgan fingerprint density at radius 2 is 1.89 bits per heavy atom. The normalized spacial score (nSPS) is 20.6. The van der Waals surface area contributed by atoms with Crippen molar-refractivity contribution in [3.05, 3.63) is 64.7 Å². The van der Waals surface area contributed by atoms with Crippen molar-refractivity contribution >= 4 is 17.3 Å². The van der Waals surface area contributed by atoms with Crippen molar-refractivity contribution in [2.24, 2.45) is 0 Å². The number of nitriles is 1. The lowest BCUT2D eigenvalue weighted by atomic mass is 10.1. The zero-order valence-corrected chi connectivity index (χ0v) is 11.1. The first-order valence-corrected chi connectivity index (χ1v) is 6.67. The summed E-state index contributed by atoms with van der Waals surface area (Å²) in [5.41, 5.74) is 2.71. The maximum absolute atomic E-state index is 9.14. The zero-order valence-electron chi connectivity index (χ0n) is 10.3. The standard InChI is InChI=1S/C16H13ClN2/c17-14-7-4-8-15(13(14)10-18)19-16-9-12(16)11-5-2-1-3-6-11/h1-8,12,16,19H,9H2. The fourth-order valence-corrected chi connectivity index (χ4v) is 2.60. The summed E-state index contributed by atoms with van der Waals surface area (Å²) < 4.78 is 0. The van der Waals surface area contributed by atoms with E-state index in [0.29, 0.717) is 22.5 Å². The lowest BCUT2D eigenvalue weighted by molar-refractivity contribution is 1.04. The molecule has 0 radical (unpaired) electrons. The molecule has 1 aliphatic rings. The number of halogens is 1. The van der Waals surface area contributed by atoms with E-state index in [4.69, 9.17) is 16.9 Å². The highest BCUT2D eigenvalue weighted by Gasteiger charge is 2.38. The number of nitrogens with zero attached hydrogens (tertiary/aromatic N) is 1. The van der Waals surface area contributed by atoms with Gasteiger partial charge in [0.1, 0.15) is 6.07 Å². The van der Waals surface area contributed by atoms with Crippen molar-refractivity contribution in [3.8, 4) is 6.07 Å². The average Bonchev–Trinajstić information content (AvgIpc) is 3.19. The second-order valence-electron chi connectivity index (χ2n) is 4.78. The van der Waals surface area contributed by atoms with Gasteiger partial charge in [-0.05, 0) is 24.1 Å². The van der Waals surface area contributed by atoms with Gasteiger partial charge in [-0.2, -0.15) is 5.26 Å². The van der Waals surface area contributed by atoms with E-state index in [-0.39, 0.29) is 0 Å². The second kappa shape index (κ2) is 4.95. The van der Waals surface area contributed by atoms with Gasteiger partial charge in [-0.1, -0.05) is 48.0 Å². The molecular formula is C16H13ClN2. The van der Waals surface area contributed by atoms with E-state index in [9.17, 15) is 0 Å². The highest BCUT2D eigenvalue weighted by molar-refractivity contribution is 6.32. The molecule has 2 aromatic rings. The van der Waals surface area contributed by atoms with E-state index < -0.39 is 0 Å². The molecule has 94 valence electrons. The molecule has 1 fully saturated rings. The van der Waals surface area contributed by atoms with Crippen molar-refractivity contribution in [2.45, 2.75) is 18.4 Å². The molecule has 19 heavy (non-hydrogen) atoms. The first-order valence-electron chi connectivity index (χ1n) is 6.29. The molecule has 0 aliphatic heterocycles. The van der Waals surface area contributed by atoms with Gasteiger partial charge in [0.25, 0.3) is 0 Å². The molecule has 0 spiro atoms.